The molecule has 0 aromatic carbocycles. The molecule has 5 nitrogen and oxygen atoms in total. The smallest absolute Gasteiger partial charge is 0.321 e. The zero-order valence-electron chi connectivity index (χ0n) is 7.02. The summed E-state index contributed by atoms with van der Waals surface area (Å²) in [7, 11) is 0. The van der Waals surface area contributed by atoms with Gasteiger partial charge in [-0.25, -0.2) is 0 Å². The van der Waals surface area contributed by atoms with Crippen molar-refractivity contribution in [3.05, 3.63) is 0 Å². The second kappa shape index (κ2) is 4.06. The average molecular weight is 175 g/mol. The predicted octanol–water partition coefficient (Wildman–Crippen LogP) is -0.245. The highest BCUT2D eigenvalue weighted by Gasteiger charge is 2.32. The van der Waals surface area contributed by atoms with Gasteiger partial charge in [-0.05, 0) is 5.92 Å². The summed E-state index contributed by atoms with van der Waals surface area (Å²) in [6.07, 6.45) is 0. The highest BCUT2D eigenvalue weighted by atomic mass is 16.4. The van der Waals surface area contributed by atoms with Gasteiger partial charge >= 0.3 is 11.9 Å². The number of hydrogen-bond donors (Lipinski definition) is 3. The van der Waals surface area contributed by atoms with Crippen molar-refractivity contribution >= 4 is 11.9 Å². The molecule has 0 amide bonds. The van der Waals surface area contributed by atoms with Gasteiger partial charge in [0.2, 0.25) is 0 Å². The molecule has 5 heteroatoms. The fourth-order valence-electron chi connectivity index (χ4n) is 1.01. The van der Waals surface area contributed by atoms with Gasteiger partial charge in [-0.3, -0.25) is 9.59 Å². The fourth-order valence-corrected chi connectivity index (χ4v) is 1.01. The molecule has 0 aliphatic heterocycles. The van der Waals surface area contributed by atoms with Crippen LogP contribution in [0.25, 0.3) is 0 Å². The third kappa shape index (κ3) is 2.50. The molecule has 12 heavy (non-hydrogen) atoms. The predicted molar refractivity (Wildman–Crippen MR) is 41.6 cm³/mol. The molecule has 0 saturated carbocycles. The molecule has 0 aliphatic rings. The van der Waals surface area contributed by atoms with Gasteiger partial charge in [0.25, 0.3) is 0 Å². The maximum absolute atomic E-state index is 10.5. The Kier molecular flexibility index (Phi) is 3.69. The van der Waals surface area contributed by atoms with Crippen LogP contribution in [0, 0.1) is 11.8 Å². The van der Waals surface area contributed by atoms with Crippen molar-refractivity contribution in [3.63, 3.8) is 0 Å². The molecule has 0 aromatic rings. The average Bonchev–Trinajstić information content (AvgIpc) is 1.85. The number of hydrogen-bond acceptors (Lipinski definition) is 3. The minimum Gasteiger partial charge on any atom is -0.481 e. The topological polar surface area (TPSA) is 101 Å². The van der Waals surface area contributed by atoms with Crippen LogP contribution in [0.15, 0.2) is 0 Å². The molecule has 1 unspecified atom stereocenters. The molecule has 0 bridgehead atoms. The number of carboxylic acids is 2. The minimum absolute atomic E-state index is 0.284. The maximum atomic E-state index is 10.5. The molecule has 0 saturated heterocycles. The molecule has 0 aliphatic carbocycles. The summed E-state index contributed by atoms with van der Waals surface area (Å²) in [5.41, 5.74) is 5.18. The van der Waals surface area contributed by atoms with Crippen LogP contribution in [0.1, 0.15) is 13.8 Å². The van der Waals surface area contributed by atoms with E-state index in [1.54, 1.807) is 13.8 Å². The van der Waals surface area contributed by atoms with Gasteiger partial charge in [-0.15, -0.1) is 0 Å². The van der Waals surface area contributed by atoms with Gasteiger partial charge in [-0.1, -0.05) is 13.8 Å². The van der Waals surface area contributed by atoms with E-state index in [-0.39, 0.29) is 5.92 Å². The second-order valence-electron chi connectivity index (χ2n) is 2.97. The first-order valence-electron chi connectivity index (χ1n) is 3.59. The lowest BCUT2D eigenvalue weighted by Crippen LogP contribution is -2.44. The van der Waals surface area contributed by atoms with Crippen molar-refractivity contribution in [2.24, 2.45) is 17.6 Å². The lowest BCUT2D eigenvalue weighted by molar-refractivity contribution is -0.151. The van der Waals surface area contributed by atoms with Gasteiger partial charge in [0.05, 0.1) is 5.92 Å². The van der Waals surface area contributed by atoms with Crippen molar-refractivity contribution < 1.29 is 19.8 Å². The van der Waals surface area contributed by atoms with Crippen molar-refractivity contribution in [1.82, 2.24) is 0 Å². The van der Waals surface area contributed by atoms with Crippen LogP contribution in [-0.4, -0.2) is 28.2 Å². The molecule has 4 N–H and O–H groups in total. The Morgan fingerprint density at radius 2 is 1.58 bits per heavy atom. The van der Waals surface area contributed by atoms with E-state index in [1.807, 2.05) is 0 Å². The van der Waals surface area contributed by atoms with Gasteiger partial charge in [0, 0.05) is 0 Å². The molecule has 0 fully saturated rings. The summed E-state index contributed by atoms with van der Waals surface area (Å²) in [6, 6.07) is -1.33. The monoisotopic (exact) mass is 175 g/mol. The third-order valence-corrected chi connectivity index (χ3v) is 1.68. The van der Waals surface area contributed by atoms with Crippen molar-refractivity contribution in [2.45, 2.75) is 19.9 Å². The quantitative estimate of drug-likeness (QED) is 0.547. The van der Waals surface area contributed by atoms with Gasteiger partial charge in [0.1, 0.15) is 6.04 Å². The summed E-state index contributed by atoms with van der Waals surface area (Å²) >= 11 is 0. The minimum atomic E-state index is -1.33. The van der Waals surface area contributed by atoms with Crippen molar-refractivity contribution in [3.8, 4) is 0 Å². The molecule has 70 valence electrons. The standard InChI is InChI=1S/C7H13NO4/c1-3(2)4(6(9)10)5(8)7(11)12/h3-5H,8H2,1-2H3,(H,9,10)(H,11,12)/t4?,5-/m0/s1. The Balaban J connectivity index is 4.51. The highest BCUT2D eigenvalue weighted by molar-refractivity contribution is 5.82. The largest absolute Gasteiger partial charge is 0.481 e. The second-order valence-corrected chi connectivity index (χ2v) is 2.97. The first kappa shape index (κ1) is 10.9. The van der Waals surface area contributed by atoms with Crippen molar-refractivity contribution in [1.29, 1.82) is 0 Å². The molecule has 0 aromatic heterocycles. The van der Waals surface area contributed by atoms with Crippen LogP contribution in [-0.2, 0) is 9.59 Å². The number of carbonyl (C=O) groups is 2. The SMILES string of the molecule is CC(C)C(C(=O)O)[C@H](N)C(=O)O. The maximum Gasteiger partial charge on any atom is 0.321 e. The fraction of sp³-hybridized carbons (Fsp3) is 0.714. The van der Waals surface area contributed by atoms with Crippen molar-refractivity contribution in [2.75, 3.05) is 0 Å². The number of rotatable bonds is 4. The van der Waals surface area contributed by atoms with Crippen LogP contribution < -0.4 is 5.73 Å². The van der Waals surface area contributed by atoms with E-state index in [4.69, 9.17) is 15.9 Å². The van der Waals surface area contributed by atoms with Gasteiger partial charge in [0.15, 0.2) is 0 Å². The molecule has 2 atom stereocenters. The van der Waals surface area contributed by atoms with Gasteiger partial charge in [-0.2, -0.15) is 0 Å². The first-order valence-corrected chi connectivity index (χ1v) is 3.59. The Labute approximate surface area is 70.2 Å². The molecule has 0 heterocycles. The number of nitrogens with two attached hydrogens (primary N) is 1. The van der Waals surface area contributed by atoms with E-state index in [2.05, 4.69) is 0 Å². The summed E-state index contributed by atoms with van der Waals surface area (Å²) < 4.78 is 0. The van der Waals surface area contributed by atoms with E-state index in [0.717, 1.165) is 0 Å². The third-order valence-electron chi connectivity index (χ3n) is 1.68. The Bertz CT molecular complexity index is 190. The Morgan fingerprint density at radius 3 is 1.67 bits per heavy atom. The van der Waals surface area contributed by atoms with E-state index in [1.165, 1.54) is 0 Å². The molecular weight excluding hydrogens is 162 g/mol. The van der Waals surface area contributed by atoms with E-state index in [9.17, 15) is 9.59 Å². The zero-order chi connectivity index (χ0) is 9.89. The van der Waals surface area contributed by atoms with Gasteiger partial charge < -0.3 is 15.9 Å². The first-order chi connectivity index (χ1) is 5.37. The summed E-state index contributed by atoms with van der Waals surface area (Å²) in [5, 5.41) is 17.1. The normalized spacial score (nSPS) is 15.7. The van der Waals surface area contributed by atoms with E-state index >= 15 is 0 Å². The van der Waals surface area contributed by atoms with E-state index < -0.39 is 23.9 Å². The summed E-state index contributed by atoms with van der Waals surface area (Å²) in [6.45, 7) is 3.25. The zero-order valence-corrected chi connectivity index (χ0v) is 7.02. The molecular formula is C7H13NO4. The van der Waals surface area contributed by atoms with Crippen LogP contribution >= 0.6 is 0 Å². The highest BCUT2D eigenvalue weighted by Crippen LogP contribution is 2.14. The Morgan fingerprint density at radius 1 is 1.17 bits per heavy atom. The molecule has 0 radical (unpaired) electrons. The number of carboxylic acid groups (broad SMARTS) is 2. The van der Waals surface area contributed by atoms with Crippen LogP contribution in [0.2, 0.25) is 0 Å². The van der Waals surface area contributed by atoms with Crippen LogP contribution in [0.4, 0.5) is 0 Å². The number of aliphatic carboxylic acids is 2. The summed E-state index contributed by atoms with van der Waals surface area (Å²) in [5.74, 6) is -3.76. The lowest BCUT2D eigenvalue weighted by Gasteiger charge is -2.19. The van der Waals surface area contributed by atoms with Crippen LogP contribution in [0.3, 0.4) is 0 Å². The van der Waals surface area contributed by atoms with E-state index in [0.29, 0.717) is 0 Å². The Hall–Kier alpha value is -1.10. The lowest BCUT2D eigenvalue weighted by atomic mass is 9.89. The summed E-state index contributed by atoms with van der Waals surface area (Å²) in [4.78, 5) is 20.9. The molecule has 0 rings (SSSR count). The van der Waals surface area contributed by atoms with Crippen LogP contribution in [0.5, 0.6) is 0 Å². The molecule has 0 spiro atoms.